The predicted octanol–water partition coefficient (Wildman–Crippen LogP) is 4.44. The van der Waals surface area contributed by atoms with Crippen LogP contribution < -0.4 is 10.1 Å². The summed E-state index contributed by atoms with van der Waals surface area (Å²) in [7, 11) is 5.08. The molecule has 0 aliphatic heterocycles. The smallest absolute Gasteiger partial charge is 0.253 e. The molecule has 6 heteroatoms. The van der Waals surface area contributed by atoms with Gasteiger partial charge in [0.2, 0.25) is 5.91 Å². The second-order valence-electron chi connectivity index (χ2n) is 8.41. The number of carbonyl (C=O) groups is 2. The second kappa shape index (κ2) is 8.46. The highest BCUT2D eigenvalue weighted by Gasteiger charge is 2.51. The van der Waals surface area contributed by atoms with Crippen molar-refractivity contribution in [3.05, 3.63) is 77.4 Å². The molecule has 0 unspecified atom stereocenters. The largest absolute Gasteiger partial charge is 0.497 e. The minimum Gasteiger partial charge on any atom is -0.497 e. The molecule has 1 aromatic heterocycles. The molecule has 0 atom stereocenters. The Bertz CT molecular complexity index is 1170. The number of amides is 2. The van der Waals surface area contributed by atoms with Gasteiger partial charge in [0.15, 0.2) is 0 Å². The van der Waals surface area contributed by atoms with Crippen molar-refractivity contribution in [2.24, 2.45) is 0 Å². The number of hydrogen-bond acceptors (Lipinski definition) is 4. The number of rotatable bonds is 6. The number of pyridine rings is 1. The first-order valence-electron chi connectivity index (χ1n) is 10.6. The number of nitrogens with zero attached hydrogens (tertiary/aromatic N) is 2. The highest BCUT2D eigenvalue weighted by Crippen LogP contribution is 2.49. The van der Waals surface area contributed by atoms with E-state index in [0.717, 1.165) is 41.0 Å². The third kappa shape index (κ3) is 4.08. The maximum absolute atomic E-state index is 13.2. The Morgan fingerprint density at radius 1 is 1.03 bits per heavy atom. The Kier molecular flexibility index (Phi) is 5.70. The molecular formula is C26H27N3O3. The van der Waals surface area contributed by atoms with E-state index in [9.17, 15) is 9.59 Å². The Morgan fingerprint density at radius 2 is 1.75 bits per heavy atom. The number of aryl methyl sites for hydroxylation is 1. The van der Waals surface area contributed by atoms with Crippen molar-refractivity contribution >= 4 is 17.6 Å². The average molecular weight is 430 g/mol. The third-order valence-corrected chi connectivity index (χ3v) is 5.95. The zero-order valence-corrected chi connectivity index (χ0v) is 18.8. The molecule has 0 bridgehead atoms. The van der Waals surface area contributed by atoms with Crippen molar-refractivity contribution in [1.82, 2.24) is 9.88 Å². The lowest BCUT2D eigenvalue weighted by Crippen LogP contribution is -2.28. The zero-order chi connectivity index (χ0) is 22.9. The minimum atomic E-state index is -0.517. The van der Waals surface area contributed by atoms with Crippen LogP contribution in [0.15, 0.2) is 60.7 Å². The summed E-state index contributed by atoms with van der Waals surface area (Å²) >= 11 is 0. The molecule has 2 amide bonds. The van der Waals surface area contributed by atoms with Crippen molar-refractivity contribution in [2.75, 3.05) is 26.5 Å². The topological polar surface area (TPSA) is 71.5 Å². The van der Waals surface area contributed by atoms with Gasteiger partial charge in [-0.15, -0.1) is 0 Å². The molecule has 0 spiro atoms. The van der Waals surface area contributed by atoms with Crippen LogP contribution in [0.25, 0.3) is 11.3 Å². The lowest BCUT2D eigenvalue weighted by atomic mass is 9.95. The van der Waals surface area contributed by atoms with Gasteiger partial charge in [-0.1, -0.05) is 30.3 Å². The Hall–Kier alpha value is -3.67. The number of anilines is 1. The average Bonchev–Trinajstić information content (AvgIpc) is 3.62. The van der Waals surface area contributed by atoms with Crippen LogP contribution in [0.3, 0.4) is 0 Å². The Morgan fingerprint density at radius 3 is 2.38 bits per heavy atom. The third-order valence-electron chi connectivity index (χ3n) is 5.95. The zero-order valence-electron chi connectivity index (χ0n) is 18.8. The summed E-state index contributed by atoms with van der Waals surface area (Å²) in [5, 5.41) is 3.01. The second-order valence-corrected chi connectivity index (χ2v) is 8.41. The summed E-state index contributed by atoms with van der Waals surface area (Å²) in [6.07, 6.45) is 1.61. The summed E-state index contributed by atoms with van der Waals surface area (Å²) < 4.78 is 5.23. The molecule has 1 fully saturated rings. The Labute approximate surface area is 188 Å². The van der Waals surface area contributed by atoms with Gasteiger partial charge in [0.25, 0.3) is 5.91 Å². The van der Waals surface area contributed by atoms with E-state index in [-0.39, 0.29) is 11.8 Å². The fourth-order valence-electron chi connectivity index (χ4n) is 3.87. The van der Waals surface area contributed by atoms with Crippen LogP contribution in [0.5, 0.6) is 5.75 Å². The van der Waals surface area contributed by atoms with Crippen LogP contribution in [-0.4, -0.2) is 42.9 Å². The molecule has 0 radical (unpaired) electrons. The highest BCUT2D eigenvalue weighted by molar-refractivity contribution is 6.01. The van der Waals surface area contributed by atoms with Gasteiger partial charge in [-0.2, -0.15) is 0 Å². The molecule has 2 aromatic carbocycles. The van der Waals surface area contributed by atoms with Crippen molar-refractivity contribution in [2.45, 2.75) is 25.2 Å². The van der Waals surface area contributed by atoms with Crippen LogP contribution in [-0.2, 0) is 10.2 Å². The first-order chi connectivity index (χ1) is 15.3. The van der Waals surface area contributed by atoms with Crippen LogP contribution >= 0.6 is 0 Å². The van der Waals surface area contributed by atoms with E-state index >= 15 is 0 Å². The van der Waals surface area contributed by atoms with Crippen LogP contribution in [0, 0.1) is 6.92 Å². The maximum atomic E-state index is 13.2. The van der Waals surface area contributed by atoms with Crippen molar-refractivity contribution < 1.29 is 14.3 Å². The van der Waals surface area contributed by atoms with Crippen LogP contribution in [0.2, 0.25) is 0 Å². The molecule has 0 saturated heterocycles. The fraction of sp³-hybridized carbons (Fsp3) is 0.269. The first kappa shape index (κ1) is 21.6. The normalized spacial score (nSPS) is 13.9. The molecule has 1 saturated carbocycles. The standard InChI is InChI=1S/C26H27N3O3/c1-17-8-13-22(27-23(17)18-6-5-7-19(16-18)24(30)29(2)3)28-25(31)26(14-15-26)20-9-11-21(32-4)12-10-20/h5-13,16H,14-15H2,1-4H3,(H,27,28,31). The minimum absolute atomic E-state index is 0.0542. The summed E-state index contributed by atoms with van der Waals surface area (Å²) in [6.45, 7) is 1.97. The van der Waals surface area contributed by atoms with Gasteiger partial charge in [0.1, 0.15) is 11.6 Å². The van der Waals surface area contributed by atoms with Gasteiger partial charge >= 0.3 is 0 Å². The summed E-state index contributed by atoms with van der Waals surface area (Å²) in [4.78, 5) is 31.8. The summed E-state index contributed by atoms with van der Waals surface area (Å²) in [5.74, 6) is 1.15. The number of carbonyl (C=O) groups excluding carboxylic acids is 2. The van der Waals surface area contributed by atoms with E-state index in [0.29, 0.717) is 11.4 Å². The lowest BCUT2D eigenvalue weighted by molar-refractivity contribution is -0.118. The molecule has 32 heavy (non-hydrogen) atoms. The summed E-state index contributed by atoms with van der Waals surface area (Å²) in [6, 6.07) is 18.8. The van der Waals surface area contributed by atoms with E-state index in [2.05, 4.69) is 5.32 Å². The van der Waals surface area contributed by atoms with E-state index < -0.39 is 5.41 Å². The predicted molar refractivity (Wildman–Crippen MR) is 125 cm³/mol. The lowest BCUT2D eigenvalue weighted by Gasteiger charge is -2.17. The van der Waals surface area contributed by atoms with Gasteiger partial charge in [-0.3, -0.25) is 9.59 Å². The SMILES string of the molecule is COc1ccc(C2(C(=O)Nc3ccc(C)c(-c4cccc(C(=O)N(C)C)c4)n3)CC2)cc1. The molecule has 6 nitrogen and oxygen atoms in total. The summed E-state index contributed by atoms with van der Waals surface area (Å²) in [5.41, 5.74) is 3.61. The van der Waals surface area contributed by atoms with Crippen molar-refractivity contribution in [3.8, 4) is 17.0 Å². The highest BCUT2D eigenvalue weighted by atomic mass is 16.5. The number of hydrogen-bond donors (Lipinski definition) is 1. The van der Waals surface area contributed by atoms with Gasteiger partial charge in [0, 0.05) is 25.2 Å². The van der Waals surface area contributed by atoms with Crippen LogP contribution in [0.1, 0.15) is 34.3 Å². The molecule has 1 aliphatic rings. The molecule has 4 rings (SSSR count). The maximum Gasteiger partial charge on any atom is 0.253 e. The molecule has 1 aliphatic carbocycles. The van der Waals surface area contributed by atoms with E-state index in [1.165, 1.54) is 0 Å². The van der Waals surface area contributed by atoms with Gasteiger partial charge < -0.3 is 15.0 Å². The molecule has 1 heterocycles. The number of benzene rings is 2. The van der Waals surface area contributed by atoms with E-state index in [1.807, 2.05) is 61.5 Å². The fourth-order valence-corrected chi connectivity index (χ4v) is 3.87. The monoisotopic (exact) mass is 429 g/mol. The number of ether oxygens (including phenoxy) is 1. The van der Waals surface area contributed by atoms with E-state index in [1.54, 1.807) is 32.2 Å². The van der Waals surface area contributed by atoms with Gasteiger partial charge in [0.05, 0.1) is 18.2 Å². The van der Waals surface area contributed by atoms with Gasteiger partial charge in [-0.05, 0) is 61.2 Å². The molecule has 3 aromatic rings. The van der Waals surface area contributed by atoms with Crippen LogP contribution in [0.4, 0.5) is 5.82 Å². The molecular weight excluding hydrogens is 402 g/mol. The van der Waals surface area contributed by atoms with Crippen molar-refractivity contribution in [1.29, 1.82) is 0 Å². The number of methoxy groups -OCH3 is 1. The van der Waals surface area contributed by atoms with Crippen molar-refractivity contribution in [3.63, 3.8) is 0 Å². The Balaban J connectivity index is 1.59. The number of nitrogens with one attached hydrogen (secondary N) is 1. The quantitative estimate of drug-likeness (QED) is 0.629. The molecule has 164 valence electrons. The molecule has 1 N–H and O–H groups in total. The number of aromatic nitrogens is 1. The van der Waals surface area contributed by atoms with Gasteiger partial charge in [-0.25, -0.2) is 4.98 Å². The first-order valence-corrected chi connectivity index (χ1v) is 10.6. The van der Waals surface area contributed by atoms with E-state index in [4.69, 9.17) is 9.72 Å².